The van der Waals surface area contributed by atoms with Crippen molar-refractivity contribution in [2.45, 2.75) is 0 Å². The van der Waals surface area contributed by atoms with Crippen LogP contribution in [-0.2, 0) is 0 Å². The van der Waals surface area contributed by atoms with Crippen molar-refractivity contribution in [1.82, 2.24) is 5.32 Å². The molecule has 0 heterocycles. The van der Waals surface area contributed by atoms with E-state index in [1.54, 1.807) is 30.3 Å². The summed E-state index contributed by atoms with van der Waals surface area (Å²) in [5, 5.41) is 23.0. The summed E-state index contributed by atoms with van der Waals surface area (Å²) in [5.74, 6) is -0.201. The lowest BCUT2D eigenvalue weighted by molar-refractivity contribution is 0.200. The summed E-state index contributed by atoms with van der Waals surface area (Å²) in [6, 6.07) is 8.31. The van der Waals surface area contributed by atoms with Gasteiger partial charge in [0.05, 0.1) is 0 Å². The molecule has 1 rings (SSSR count). The molecule has 5 heteroatoms. The average molecular weight is 179 g/mol. The molecule has 68 valence electrons. The van der Waals surface area contributed by atoms with Gasteiger partial charge >= 0.3 is 6.09 Å². The Balaban J connectivity index is 2.86. The maximum absolute atomic E-state index is 10.2. The number of benzene rings is 1. The molecule has 0 aliphatic heterocycles. The predicted molar refractivity (Wildman–Crippen MR) is 47.5 cm³/mol. The topological polar surface area (TPSA) is 84.8 Å². The van der Waals surface area contributed by atoms with Crippen LogP contribution in [0.15, 0.2) is 35.5 Å². The van der Waals surface area contributed by atoms with Crippen molar-refractivity contribution in [2.24, 2.45) is 5.16 Å². The average Bonchev–Trinajstić information content (AvgIpc) is 2.15. The van der Waals surface area contributed by atoms with Crippen LogP contribution in [0.25, 0.3) is 0 Å². The molecule has 5 nitrogen and oxygen atoms in total. The van der Waals surface area contributed by atoms with Gasteiger partial charge in [-0.2, -0.15) is 0 Å². The summed E-state index contributed by atoms with van der Waals surface area (Å²) in [5.41, 5.74) is 0.444. The lowest BCUT2D eigenvalue weighted by Gasteiger charge is -2.07. The van der Waals surface area contributed by atoms with Crippen molar-refractivity contribution in [3.63, 3.8) is 0 Å². The molecule has 1 aromatic carbocycles. The van der Waals surface area contributed by atoms with Gasteiger partial charge in [-0.3, -0.25) is 5.32 Å². The first-order chi connectivity index (χ1) is 6.24. The van der Waals surface area contributed by atoms with E-state index in [2.05, 4.69) is 5.16 Å². The molecule has 0 saturated carbocycles. The molecule has 1 aromatic rings. The summed E-state index contributed by atoms with van der Waals surface area (Å²) in [4.78, 5) is 10.2. The second-order valence-electron chi connectivity index (χ2n) is 2.24. The molecule has 0 saturated heterocycles. The van der Waals surface area contributed by atoms with Gasteiger partial charge in [0.2, 0.25) is 0 Å². The molecule has 0 fully saturated rings. The highest BCUT2D eigenvalue weighted by atomic mass is 16.4. The molecule has 13 heavy (non-hydrogen) atoms. The lowest BCUT2D eigenvalue weighted by atomic mass is 10.2. The Labute approximate surface area is 74.3 Å². The fourth-order valence-corrected chi connectivity index (χ4v) is 0.845. The van der Waals surface area contributed by atoms with E-state index in [1.165, 1.54) is 0 Å². The van der Waals surface area contributed by atoms with E-state index in [4.69, 9.17) is 5.11 Å². The second kappa shape index (κ2) is 4.10. The normalized spacial score (nSPS) is 10.9. The number of hydrogen-bond acceptors (Lipinski definition) is 3. The van der Waals surface area contributed by atoms with Crippen molar-refractivity contribution in [3.8, 4) is 0 Å². The van der Waals surface area contributed by atoms with E-state index < -0.39 is 6.09 Å². The molecule has 1 amide bonds. The zero-order valence-corrected chi connectivity index (χ0v) is 6.60. The minimum Gasteiger partial charge on any atom is -0.790 e. The van der Waals surface area contributed by atoms with Crippen LogP contribution in [0.3, 0.4) is 0 Å². The van der Waals surface area contributed by atoms with E-state index in [9.17, 15) is 10.0 Å². The fourth-order valence-electron chi connectivity index (χ4n) is 0.845. The zero-order chi connectivity index (χ0) is 9.68. The highest BCUT2D eigenvalue weighted by Gasteiger charge is 2.03. The number of carboxylic acid groups (broad SMARTS) is 1. The molecule has 0 unspecified atom stereocenters. The van der Waals surface area contributed by atoms with Gasteiger partial charge in [-0.05, 0) is 0 Å². The molecule has 2 N–H and O–H groups in total. The third kappa shape index (κ3) is 2.48. The Morgan fingerprint density at radius 3 is 2.46 bits per heavy atom. The molecule has 0 atom stereocenters. The van der Waals surface area contributed by atoms with Gasteiger partial charge in [0, 0.05) is 5.56 Å². The van der Waals surface area contributed by atoms with Crippen LogP contribution in [-0.4, -0.2) is 17.0 Å². The number of rotatable bonds is 1. The van der Waals surface area contributed by atoms with E-state index >= 15 is 0 Å². The Bertz CT molecular complexity index is 321. The highest BCUT2D eigenvalue weighted by Crippen LogP contribution is 1.98. The molecule has 0 aliphatic carbocycles. The molecule has 0 spiro atoms. The number of carbonyl (C=O) groups is 1. The Morgan fingerprint density at radius 1 is 1.38 bits per heavy atom. The largest absolute Gasteiger partial charge is 0.790 e. The standard InChI is InChI=1S/C8H8N2O3/c11-8(12)9-7(10-13)6-4-2-1-3-5-6/h1-5,13H,(H,9,10)(H,11,12)/p-1. The van der Waals surface area contributed by atoms with E-state index in [-0.39, 0.29) is 5.84 Å². The Morgan fingerprint density at radius 2 is 2.00 bits per heavy atom. The number of nitrogens with one attached hydrogen (secondary N) is 1. The van der Waals surface area contributed by atoms with Crippen molar-refractivity contribution in [3.05, 3.63) is 41.1 Å². The summed E-state index contributed by atoms with van der Waals surface area (Å²) in [7, 11) is 0. The van der Waals surface area contributed by atoms with Gasteiger partial charge in [0.1, 0.15) is 5.84 Å². The molecular weight excluding hydrogens is 172 g/mol. The minimum absolute atomic E-state index is 0.201. The van der Waals surface area contributed by atoms with Gasteiger partial charge in [0.15, 0.2) is 0 Å². The first-order valence-corrected chi connectivity index (χ1v) is 3.49. The Hall–Kier alpha value is -2.04. The van der Waals surface area contributed by atoms with Crippen molar-refractivity contribution in [1.29, 1.82) is 0 Å². The third-order valence-corrected chi connectivity index (χ3v) is 1.36. The van der Waals surface area contributed by atoms with Crippen LogP contribution in [0.1, 0.15) is 5.56 Å². The number of hydrogen-bond donors (Lipinski definition) is 2. The van der Waals surface area contributed by atoms with Gasteiger partial charge < -0.3 is 15.5 Å². The number of amidine groups is 1. The van der Waals surface area contributed by atoms with Gasteiger partial charge in [-0.15, -0.1) is 0 Å². The van der Waals surface area contributed by atoms with E-state index in [0.29, 0.717) is 5.56 Å². The smallest absolute Gasteiger partial charge is 0.410 e. The lowest BCUT2D eigenvalue weighted by Crippen LogP contribution is -2.29. The predicted octanol–water partition coefficient (Wildman–Crippen LogP) is 1.20. The van der Waals surface area contributed by atoms with Crippen LogP contribution >= 0.6 is 0 Å². The van der Waals surface area contributed by atoms with E-state index in [1.807, 2.05) is 5.32 Å². The molecule has 0 aromatic heterocycles. The van der Waals surface area contributed by atoms with Crippen LogP contribution in [0.4, 0.5) is 4.79 Å². The van der Waals surface area contributed by atoms with Gasteiger partial charge in [-0.1, -0.05) is 30.3 Å². The molecule has 0 aliphatic rings. The minimum atomic E-state index is -1.31. The van der Waals surface area contributed by atoms with Gasteiger partial charge in [-0.25, -0.2) is 4.79 Å². The van der Waals surface area contributed by atoms with Crippen molar-refractivity contribution >= 4 is 11.9 Å². The summed E-state index contributed by atoms with van der Waals surface area (Å²) in [6.45, 7) is 0. The third-order valence-electron chi connectivity index (χ3n) is 1.36. The Kier molecular flexibility index (Phi) is 2.86. The highest BCUT2D eigenvalue weighted by molar-refractivity contribution is 6.06. The van der Waals surface area contributed by atoms with Crippen LogP contribution in [0, 0.1) is 5.21 Å². The summed E-state index contributed by atoms with van der Waals surface area (Å²) < 4.78 is 0. The maximum Gasteiger partial charge on any atom is 0.410 e. The summed E-state index contributed by atoms with van der Waals surface area (Å²) in [6.07, 6.45) is -1.31. The second-order valence-corrected chi connectivity index (χ2v) is 2.24. The first-order valence-electron chi connectivity index (χ1n) is 3.49. The quantitative estimate of drug-likeness (QED) is 0.386. The van der Waals surface area contributed by atoms with Crippen LogP contribution in [0.5, 0.6) is 0 Å². The number of nitrogens with zero attached hydrogens (tertiary/aromatic N) is 1. The molecular formula is C8H7N2O3-. The number of amides is 1. The monoisotopic (exact) mass is 179 g/mol. The van der Waals surface area contributed by atoms with Crippen molar-refractivity contribution < 1.29 is 9.90 Å². The first kappa shape index (κ1) is 9.05. The van der Waals surface area contributed by atoms with Crippen LogP contribution < -0.4 is 5.32 Å². The van der Waals surface area contributed by atoms with Crippen LogP contribution in [0.2, 0.25) is 0 Å². The van der Waals surface area contributed by atoms with Crippen molar-refractivity contribution in [2.75, 3.05) is 0 Å². The SMILES string of the molecule is O=C(O)N/C(=N\[O-])c1ccccc1. The van der Waals surface area contributed by atoms with E-state index in [0.717, 1.165) is 0 Å². The summed E-state index contributed by atoms with van der Waals surface area (Å²) >= 11 is 0. The zero-order valence-electron chi connectivity index (χ0n) is 6.60. The molecule has 0 bridgehead atoms. The van der Waals surface area contributed by atoms with Gasteiger partial charge in [0.25, 0.3) is 0 Å². The maximum atomic E-state index is 10.2. The molecule has 0 radical (unpaired) electrons. The fraction of sp³-hybridized carbons (Fsp3) is 0.